The number of nitrogens with zero attached hydrogens (tertiary/aromatic N) is 1. The molecule has 1 saturated heterocycles. The van der Waals surface area contributed by atoms with Crippen LogP contribution in [0.1, 0.15) is 32.1 Å². The van der Waals surface area contributed by atoms with E-state index in [2.05, 4.69) is 10.6 Å². The first-order valence-corrected chi connectivity index (χ1v) is 9.29. The summed E-state index contributed by atoms with van der Waals surface area (Å²) in [5.74, 6) is 0.719. The average Bonchev–Trinajstić information content (AvgIpc) is 3.11. The Labute approximate surface area is 161 Å². The highest BCUT2D eigenvalue weighted by molar-refractivity contribution is 5.89. The van der Waals surface area contributed by atoms with Crippen molar-refractivity contribution < 1.29 is 9.59 Å². The second-order valence-electron chi connectivity index (χ2n) is 7.10. The van der Waals surface area contributed by atoms with Crippen LogP contribution in [-0.2, 0) is 4.79 Å². The highest BCUT2D eigenvalue weighted by Crippen LogP contribution is 2.33. The van der Waals surface area contributed by atoms with Crippen LogP contribution < -0.4 is 16.4 Å². The van der Waals surface area contributed by atoms with Crippen LogP contribution in [0.5, 0.6) is 0 Å². The summed E-state index contributed by atoms with van der Waals surface area (Å²) >= 11 is 0. The molecule has 0 spiro atoms. The molecule has 1 saturated carbocycles. The van der Waals surface area contributed by atoms with E-state index in [9.17, 15) is 9.59 Å². The number of rotatable bonds is 4. The van der Waals surface area contributed by atoms with E-state index in [4.69, 9.17) is 5.73 Å². The molecule has 1 aliphatic heterocycles. The van der Waals surface area contributed by atoms with E-state index in [0.717, 1.165) is 37.8 Å². The maximum absolute atomic E-state index is 12.7. The molecule has 4 N–H and O–H groups in total. The predicted octanol–water partition coefficient (Wildman–Crippen LogP) is 2.60. The lowest BCUT2D eigenvalue weighted by Gasteiger charge is -2.35. The van der Waals surface area contributed by atoms with Gasteiger partial charge in [-0.1, -0.05) is 24.6 Å². The smallest absolute Gasteiger partial charge is 0.319 e. The number of anilines is 1. The normalized spacial score (nSPS) is 23.2. The Morgan fingerprint density at radius 1 is 1.08 bits per heavy atom. The topological polar surface area (TPSA) is 87.5 Å². The summed E-state index contributed by atoms with van der Waals surface area (Å²) in [6, 6.07) is 9.33. The van der Waals surface area contributed by atoms with Crippen molar-refractivity contribution in [1.82, 2.24) is 10.2 Å². The van der Waals surface area contributed by atoms with E-state index >= 15 is 0 Å². The number of urea groups is 1. The van der Waals surface area contributed by atoms with E-state index in [0.29, 0.717) is 25.6 Å². The molecule has 3 amide bonds. The van der Waals surface area contributed by atoms with Crippen molar-refractivity contribution in [2.75, 3.05) is 25.0 Å². The lowest BCUT2D eigenvalue weighted by atomic mass is 9.93. The standard InChI is InChI=1S/C19H28N4O2.ClH/c20-13-14-5-4-8-17(14)18(24)23-11-9-16(10-12-23)22-19(25)21-15-6-2-1-3-7-15;/h1-3,6-7,14,16-17H,4-5,8-13,20H2,(H2,21,22,25);1H/t14-,17-;/m1./s1. The summed E-state index contributed by atoms with van der Waals surface area (Å²) in [6.45, 7) is 2.03. The first-order chi connectivity index (χ1) is 12.2. The quantitative estimate of drug-likeness (QED) is 0.750. The zero-order valence-electron chi connectivity index (χ0n) is 15.0. The molecule has 2 atom stereocenters. The summed E-state index contributed by atoms with van der Waals surface area (Å²) in [5.41, 5.74) is 6.59. The van der Waals surface area contributed by atoms with Gasteiger partial charge in [0.15, 0.2) is 0 Å². The minimum Gasteiger partial charge on any atom is -0.342 e. The number of nitrogens with two attached hydrogens (primary N) is 1. The minimum atomic E-state index is -0.185. The van der Waals surface area contributed by atoms with Crippen LogP contribution in [0.15, 0.2) is 30.3 Å². The Bertz CT molecular complexity index is 590. The second kappa shape index (κ2) is 9.78. The number of hydrogen-bond donors (Lipinski definition) is 3. The molecule has 144 valence electrons. The maximum Gasteiger partial charge on any atom is 0.319 e. The van der Waals surface area contributed by atoms with Gasteiger partial charge in [-0.2, -0.15) is 0 Å². The Morgan fingerprint density at radius 3 is 2.42 bits per heavy atom. The number of halogens is 1. The van der Waals surface area contributed by atoms with Crippen LogP contribution in [0.2, 0.25) is 0 Å². The van der Waals surface area contributed by atoms with Gasteiger partial charge in [0.25, 0.3) is 0 Å². The number of nitrogens with one attached hydrogen (secondary N) is 2. The molecule has 2 fully saturated rings. The third kappa shape index (κ3) is 5.11. The van der Waals surface area contributed by atoms with E-state index in [1.165, 1.54) is 0 Å². The van der Waals surface area contributed by atoms with Gasteiger partial charge in [0.05, 0.1) is 0 Å². The number of hydrogen-bond acceptors (Lipinski definition) is 3. The summed E-state index contributed by atoms with van der Waals surface area (Å²) in [4.78, 5) is 26.7. The Balaban J connectivity index is 0.00000243. The van der Waals surface area contributed by atoms with Crippen LogP contribution in [0.3, 0.4) is 0 Å². The molecule has 1 heterocycles. The van der Waals surface area contributed by atoms with Crippen molar-refractivity contribution in [3.63, 3.8) is 0 Å². The van der Waals surface area contributed by atoms with E-state index < -0.39 is 0 Å². The first kappa shape index (κ1) is 20.5. The Kier molecular flexibility index (Phi) is 7.72. The number of carbonyl (C=O) groups is 2. The summed E-state index contributed by atoms with van der Waals surface area (Å²) in [6.07, 6.45) is 4.75. The van der Waals surface area contributed by atoms with Gasteiger partial charge in [0.2, 0.25) is 5.91 Å². The molecule has 0 aromatic heterocycles. The average molecular weight is 381 g/mol. The molecule has 0 unspecified atom stereocenters. The largest absolute Gasteiger partial charge is 0.342 e. The lowest BCUT2D eigenvalue weighted by Crippen LogP contribution is -2.49. The molecular weight excluding hydrogens is 352 g/mol. The van der Waals surface area contributed by atoms with E-state index in [1.807, 2.05) is 35.2 Å². The van der Waals surface area contributed by atoms with E-state index in [-0.39, 0.29) is 36.3 Å². The van der Waals surface area contributed by atoms with Crippen LogP contribution in [0.25, 0.3) is 0 Å². The van der Waals surface area contributed by atoms with Crippen LogP contribution in [0, 0.1) is 11.8 Å². The number of benzene rings is 1. The number of para-hydroxylation sites is 1. The van der Waals surface area contributed by atoms with E-state index in [1.54, 1.807) is 0 Å². The zero-order valence-corrected chi connectivity index (χ0v) is 15.8. The highest BCUT2D eigenvalue weighted by atomic mass is 35.5. The van der Waals surface area contributed by atoms with Gasteiger partial charge in [0.1, 0.15) is 0 Å². The van der Waals surface area contributed by atoms with Crippen LogP contribution in [0.4, 0.5) is 10.5 Å². The van der Waals surface area contributed by atoms with Crippen molar-refractivity contribution in [3.8, 4) is 0 Å². The third-order valence-electron chi connectivity index (χ3n) is 5.45. The maximum atomic E-state index is 12.7. The molecule has 26 heavy (non-hydrogen) atoms. The van der Waals surface area contributed by atoms with Gasteiger partial charge in [-0.25, -0.2) is 4.79 Å². The molecular formula is C19H29ClN4O2. The van der Waals surface area contributed by atoms with Gasteiger partial charge in [0, 0.05) is 30.7 Å². The SMILES string of the molecule is Cl.NC[C@H]1CCC[C@H]1C(=O)N1CCC(NC(=O)Nc2ccccc2)CC1. The molecule has 1 aromatic carbocycles. The fourth-order valence-electron chi connectivity index (χ4n) is 4.00. The minimum absolute atomic E-state index is 0. The monoisotopic (exact) mass is 380 g/mol. The fraction of sp³-hybridized carbons (Fsp3) is 0.579. The summed E-state index contributed by atoms with van der Waals surface area (Å²) in [7, 11) is 0. The molecule has 1 aromatic rings. The second-order valence-corrected chi connectivity index (χ2v) is 7.10. The zero-order chi connectivity index (χ0) is 17.6. The number of amides is 3. The van der Waals surface area contributed by atoms with Gasteiger partial charge in [-0.15, -0.1) is 12.4 Å². The van der Waals surface area contributed by atoms with Crippen molar-refractivity contribution in [3.05, 3.63) is 30.3 Å². The molecule has 6 nitrogen and oxygen atoms in total. The lowest BCUT2D eigenvalue weighted by molar-refractivity contribution is -0.137. The van der Waals surface area contributed by atoms with Crippen LogP contribution >= 0.6 is 12.4 Å². The van der Waals surface area contributed by atoms with Gasteiger partial charge in [-0.05, 0) is 50.3 Å². The summed E-state index contributed by atoms with van der Waals surface area (Å²) in [5, 5.41) is 5.85. The van der Waals surface area contributed by atoms with Gasteiger partial charge < -0.3 is 21.3 Å². The number of likely N-dealkylation sites (tertiary alicyclic amines) is 1. The van der Waals surface area contributed by atoms with Crippen molar-refractivity contribution in [1.29, 1.82) is 0 Å². The molecule has 1 aliphatic carbocycles. The van der Waals surface area contributed by atoms with Gasteiger partial charge in [-0.3, -0.25) is 4.79 Å². The number of carbonyl (C=O) groups excluding carboxylic acids is 2. The molecule has 2 aliphatic rings. The Hall–Kier alpha value is -1.79. The van der Waals surface area contributed by atoms with Crippen molar-refractivity contribution >= 4 is 30.0 Å². The van der Waals surface area contributed by atoms with Crippen LogP contribution in [-0.4, -0.2) is 42.5 Å². The fourth-order valence-corrected chi connectivity index (χ4v) is 4.00. The van der Waals surface area contributed by atoms with Gasteiger partial charge >= 0.3 is 6.03 Å². The predicted molar refractivity (Wildman–Crippen MR) is 105 cm³/mol. The first-order valence-electron chi connectivity index (χ1n) is 9.29. The van der Waals surface area contributed by atoms with Crippen molar-refractivity contribution in [2.45, 2.75) is 38.1 Å². The Morgan fingerprint density at radius 2 is 1.77 bits per heavy atom. The third-order valence-corrected chi connectivity index (χ3v) is 5.45. The van der Waals surface area contributed by atoms with Crippen molar-refractivity contribution in [2.24, 2.45) is 17.6 Å². The molecule has 3 rings (SSSR count). The molecule has 7 heteroatoms. The molecule has 0 radical (unpaired) electrons. The highest BCUT2D eigenvalue weighted by Gasteiger charge is 2.35. The summed E-state index contributed by atoms with van der Waals surface area (Å²) < 4.78 is 0. The number of piperidine rings is 1. The molecule has 0 bridgehead atoms.